The number of carbonyl (C=O) groups excluding carboxylic acids is 2. The number of fused-ring (bicyclic) bond motifs is 1. The Morgan fingerprint density at radius 1 is 1.28 bits per heavy atom. The van der Waals surface area contributed by atoms with E-state index in [2.05, 4.69) is 4.98 Å². The molecule has 0 bridgehead atoms. The van der Waals surface area contributed by atoms with Crippen molar-refractivity contribution in [3.63, 3.8) is 0 Å². The second kappa shape index (κ2) is 6.66. The fourth-order valence-corrected chi connectivity index (χ4v) is 2.96. The van der Waals surface area contributed by atoms with E-state index in [0.717, 1.165) is 4.57 Å². The largest absolute Gasteiger partial charge is 0.466 e. The van der Waals surface area contributed by atoms with Crippen LogP contribution in [-0.4, -0.2) is 33.8 Å². The van der Waals surface area contributed by atoms with Crippen LogP contribution in [-0.2, 0) is 26.9 Å². The Morgan fingerprint density at radius 3 is 2.44 bits per heavy atom. The number of rotatable bonds is 3. The Balaban J connectivity index is 2.51. The summed E-state index contributed by atoms with van der Waals surface area (Å²) in [5, 5.41) is -1.10. The Labute approximate surface area is 145 Å². The summed E-state index contributed by atoms with van der Waals surface area (Å²) in [5.74, 6) is -0.604. The quantitative estimate of drug-likeness (QED) is 0.755. The first kappa shape index (κ1) is 19.2. The fraction of sp³-hybridized carbons (Fsp3) is 0.533. The first-order valence-corrected chi connectivity index (χ1v) is 8.21. The fourth-order valence-electron chi connectivity index (χ4n) is 2.03. The second-order valence-electron chi connectivity index (χ2n) is 6.16. The van der Waals surface area contributed by atoms with Crippen molar-refractivity contribution in [1.82, 2.24) is 9.55 Å². The van der Waals surface area contributed by atoms with E-state index >= 15 is 0 Å². The maximum Gasteiger partial charge on any atom is 0.443 e. The zero-order chi connectivity index (χ0) is 19.0. The molecule has 2 aromatic rings. The SMILES string of the molecule is CCOC(=O)Cc1cn(C(=O)OC(C)(C)C)c2nc(C(F)(F)F)sc12. The third-order valence-corrected chi connectivity index (χ3v) is 4.05. The van der Waals surface area contributed by atoms with Crippen molar-refractivity contribution in [2.45, 2.75) is 45.9 Å². The summed E-state index contributed by atoms with van der Waals surface area (Å²) in [6.07, 6.45) is -4.52. The molecule has 0 aliphatic heterocycles. The molecule has 25 heavy (non-hydrogen) atoms. The van der Waals surface area contributed by atoms with Crippen molar-refractivity contribution < 1.29 is 32.2 Å². The lowest BCUT2D eigenvalue weighted by Crippen LogP contribution is -2.27. The van der Waals surface area contributed by atoms with Crippen molar-refractivity contribution in [2.75, 3.05) is 6.61 Å². The lowest BCUT2D eigenvalue weighted by molar-refractivity contribution is -0.142. The molecular weight excluding hydrogens is 361 g/mol. The van der Waals surface area contributed by atoms with Crippen LogP contribution >= 0.6 is 11.3 Å². The maximum absolute atomic E-state index is 13.0. The molecule has 0 aliphatic carbocycles. The Kier molecular flexibility index (Phi) is 5.12. The van der Waals surface area contributed by atoms with Gasteiger partial charge >= 0.3 is 18.2 Å². The normalized spacial score (nSPS) is 12.4. The van der Waals surface area contributed by atoms with Crippen molar-refractivity contribution in [3.05, 3.63) is 16.8 Å². The van der Waals surface area contributed by atoms with E-state index in [4.69, 9.17) is 9.47 Å². The molecule has 0 saturated heterocycles. The van der Waals surface area contributed by atoms with Crippen LogP contribution in [0.5, 0.6) is 0 Å². The first-order valence-electron chi connectivity index (χ1n) is 7.39. The molecule has 0 aromatic carbocycles. The second-order valence-corrected chi connectivity index (χ2v) is 7.16. The van der Waals surface area contributed by atoms with Crippen LogP contribution < -0.4 is 0 Å². The Hall–Kier alpha value is -2.10. The van der Waals surface area contributed by atoms with Gasteiger partial charge in [-0.1, -0.05) is 0 Å². The van der Waals surface area contributed by atoms with E-state index in [1.807, 2.05) is 0 Å². The molecule has 0 amide bonds. The number of ether oxygens (including phenoxy) is 2. The van der Waals surface area contributed by atoms with Crippen LogP contribution in [0, 0.1) is 0 Å². The Bertz CT molecular complexity index is 802. The van der Waals surface area contributed by atoms with Crippen LogP contribution in [0.3, 0.4) is 0 Å². The zero-order valence-corrected chi connectivity index (χ0v) is 14.9. The highest BCUT2D eigenvalue weighted by atomic mass is 32.1. The highest BCUT2D eigenvalue weighted by molar-refractivity contribution is 7.18. The summed E-state index contributed by atoms with van der Waals surface area (Å²) in [4.78, 5) is 27.5. The summed E-state index contributed by atoms with van der Waals surface area (Å²) in [5.41, 5.74) is -0.795. The molecule has 0 unspecified atom stereocenters. The number of thiazole rings is 1. The highest BCUT2D eigenvalue weighted by Crippen LogP contribution is 2.37. The predicted octanol–water partition coefficient (Wildman–Crippen LogP) is 4.01. The molecule has 0 spiro atoms. The van der Waals surface area contributed by atoms with Crippen LogP contribution in [0.25, 0.3) is 10.3 Å². The van der Waals surface area contributed by atoms with E-state index < -0.39 is 28.8 Å². The number of carbonyl (C=O) groups is 2. The molecule has 0 radical (unpaired) electrons. The van der Waals surface area contributed by atoms with E-state index in [0.29, 0.717) is 11.3 Å². The van der Waals surface area contributed by atoms with Gasteiger partial charge in [0.2, 0.25) is 5.01 Å². The van der Waals surface area contributed by atoms with Crippen molar-refractivity contribution in [3.8, 4) is 0 Å². The number of halogens is 3. The Morgan fingerprint density at radius 2 is 1.92 bits per heavy atom. The van der Waals surface area contributed by atoms with Gasteiger partial charge in [-0.25, -0.2) is 14.3 Å². The predicted molar refractivity (Wildman–Crippen MR) is 84.6 cm³/mol. The van der Waals surface area contributed by atoms with Gasteiger partial charge in [0, 0.05) is 11.8 Å². The highest BCUT2D eigenvalue weighted by Gasteiger charge is 2.37. The van der Waals surface area contributed by atoms with Crippen LogP contribution in [0.15, 0.2) is 6.20 Å². The molecule has 6 nitrogen and oxygen atoms in total. The molecule has 10 heteroatoms. The molecular formula is C15H17F3N2O4S. The van der Waals surface area contributed by atoms with E-state index in [-0.39, 0.29) is 28.9 Å². The zero-order valence-electron chi connectivity index (χ0n) is 14.1. The van der Waals surface area contributed by atoms with E-state index in [9.17, 15) is 22.8 Å². The topological polar surface area (TPSA) is 70.4 Å². The molecule has 0 saturated carbocycles. The monoisotopic (exact) mass is 378 g/mol. The lowest BCUT2D eigenvalue weighted by Gasteiger charge is -2.19. The summed E-state index contributed by atoms with van der Waals surface area (Å²) in [6.45, 7) is 6.66. The summed E-state index contributed by atoms with van der Waals surface area (Å²) in [7, 11) is 0. The van der Waals surface area contributed by atoms with Gasteiger partial charge < -0.3 is 9.47 Å². The van der Waals surface area contributed by atoms with Gasteiger partial charge in [-0.05, 0) is 27.7 Å². The van der Waals surface area contributed by atoms with Crippen molar-refractivity contribution in [1.29, 1.82) is 0 Å². The lowest BCUT2D eigenvalue weighted by atomic mass is 10.2. The van der Waals surface area contributed by atoms with Gasteiger partial charge in [0.1, 0.15) is 5.60 Å². The van der Waals surface area contributed by atoms with Crippen molar-refractivity contribution in [2.24, 2.45) is 0 Å². The van der Waals surface area contributed by atoms with Gasteiger partial charge in [-0.2, -0.15) is 13.2 Å². The number of esters is 1. The number of aromatic nitrogens is 2. The number of hydrogen-bond donors (Lipinski definition) is 0. The first-order chi connectivity index (χ1) is 11.4. The standard InChI is InChI=1S/C15H17F3N2O4S/c1-5-23-9(21)6-8-7-20(13(22)24-14(2,3)4)11-10(8)25-12(19-11)15(16,17)18/h7H,5-6H2,1-4H3. The third-order valence-electron chi connectivity index (χ3n) is 2.89. The van der Waals surface area contributed by atoms with Crippen molar-refractivity contribution >= 4 is 33.7 Å². The van der Waals surface area contributed by atoms with Crippen LogP contribution in [0.1, 0.15) is 38.3 Å². The minimum Gasteiger partial charge on any atom is -0.466 e. The van der Waals surface area contributed by atoms with Crippen LogP contribution in [0.4, 0.5) is 18.0 Å². The number of alkyl halides is 3. The third kappa shape index (κ3) is 4.50. The van der Waals surface area contributed by atoms with E-state index in [1.165, 1.54) is 6.20 Å². The smallest absolute Gasteiger partial charge is 0.443 e. The summed E-state index contributed by atoms with van der Waals surface area (Å²) in [6, 6.07) is 0. The molecule has 2 rings (SSSR count). The molecule has 0 aliphatic rings. The molecule has 2 aromatic heterocycles. The molecule has 2 heterocycles. The maximum atomic E-state index is 13.0. The average molecular weight is 378 g/mol. The molecule has 0 atom stereocenters. The molecule has 0 N–H and O–H groups in total. The molecule has 138 valence electrons. The van der Waals surface area contributed by atoms with E-state index in [1.54, 1.807) is 27.7 Å². The number of nitrogens with zero attached hydrogens (tertiary/aromatic N) is 2. The number of hydrogen-bond acceptors (Lipinski definition) is 6. The summed E-state index contributed by atoms with van der Waals surface area (Å²) < 4.78 is 49.9. The minimum absolute atomic E-state index is 0.103. The van der Waals surface area contributed by atoms with Gasteiger partial charge in [-0.3, -0.25) is 4.79 Å². The minimum atomic E-state index is -4.65. The summed E-state index contributed by atoms with van der Waals surface area (Å²) >= 11 is 0.375. The molecule has 0 fully saturated rings. The van der Waals surface area contributed by atoms with Gasteiger partial charge in [0.25, 0.3) is 0 Å². The van der Waals surface area contributed by atoms with Crippen LogP contribution in [0.2, 0.25) is 0 Å². The van der Waals surface area contributed by atoms with Gasteiger partial charge in [0.05, 0.1) is 17.7 Å². The van der Waals surface area contributed by atoms with Gasteiger partial charge in [-0.15, -0.1) is 11.3 Å². The average Bonchev–Trinajstić information content (AvgIpc) is 2.97. The van der Waals surface area contributed by atoms with Gasteiger partial charge in [0.15, 0.2) is 5.65 Å².